The summed E-state index contributed by atoms with van der Waals surface area (Å²) in [4.78, 5) is 22.2. The van der Waals surface area contributed by atoms with Gasteiger partial charge in [0.15, 0.2) is 0 Å². The number of para-hydroxylation sites is 1. The van der Waals surface area contributed by atoms with Crippen molar-refractivity contribution in [1.29, 1.82) is 0 Å². The molecule has 144 valence electrons. The molecule has 4 aromatic rings. The van der Waals surface area contributed by atoms with Crippen molar-refractivity contribution in [1.82, 2.24) is 14.5 Å². The second-order valence-electron chi connectivity index (χ2n) is 6.42. The van der Waals surface area contributed by atoms with Crippen LogP contribution in [-0.4, -0.2) is 19.6 Å². The van der Waals surface area contributed by atoms with Gasteiger partial charge < -0.3 is 5.11 Å². The summed E-state index contributed by atoms with van der Waals surface area (Å²) >= 11 is 12.4. The number of aromatic nitrogens is 3. The smallest absolute Gasteiger partial charge is 0.266 e. The largest absolute Gasteiger partial charge is 0.506 e. The van der Waals surface area contributed by atoms with E-state index in [2.05, 4.69) is 9.97 Å². The maximum Gasteiger partial charge on any atom is 0.266 e. The van der Waals surface area contributed by atoms with E-state index >= 15 is 0 Å². The fourth-order valence-electron chi connectivity index (χ4n) is 3.02. The molecule has 0 bridgehead atoms. The minimum Gasteiger partial charge on any atom is -0.506 e. The van der Waals surface area contributed by atoms with E-state index in [9.17, 15) is 9.90 Å². The first-order valence-electron chi connectivity index (χ1n) is 8.76. The van der Waals surface area contributed by atoms with Crippen LogP contribution in [0.5, 0.6) is 0 Å². The maximum absolute atomic E-state index is 13.3. The lowest BCUT2D eigenvalue weighted by atomic mass is 10.2. The maximum atomic E-state index is 13.3. The predicted octanol–water partition coefficient (Wildman–Crippen LogP) is 5.45. The lowest BCUT2D eigenvalue weighted by Crippen LogP contribution is -2.22. The second-order valence-corrected chi connectivity index (χ2v) is 7.26. The van der Waals surface area contributed by atoms with E-state index in [-0.39, 0.29) is 17.1 Å². The van der Waals surface area contributed by atoms with E-state index in [1.54, 1.807) is 54.6 Å². The molecule has 0 atom stereocenters. The van der Waals surface area contributed by atoms with Crippen LogP contribution in [0, 0.1) is 6.92 Å². The van der Waals surface area contributed by atoms with Crippen LogP contribution < -0.4 is 5.56 Å². The van der Waals surface area contributed by atoms with Gasteiger partial charge in [0.05, 0.1) is 21.6 Å². The number of fused-ring (bicyclic) bond motifs is 1. The molecule has 29 heavy (non-hydrogen) atoms. The molecule has 0 aliphatic carbocycles. The minimum atomic E-state index is -0.346. The van der Waals surface area contributed by atoms with Crippen LogP contribution in [0.1, 0.15) is 17.2 Å². The Bertz CT molecular complexity index is 1330. The summed E-state index contributed by atoms with van der Waals surface area (Å²) in [5.74, 6) is 0.105. The van der Waals surface area contributed by atoms with Gasteiger partial charge in [-0.2, -0.15) is 0 Å². The number of pyridine rings is 1. The van der Waals surface area contributed by atoms with Gasteiger partial charge in [-0.1, -0.05) is 41.4 Å². The first-order valence-corrected chi connectivity index (χ1v) is 9.51. The second kappa shape index (κ2) is 7.70. The zero-order valence-corrected chi connectivity index (χ0v) is 16.8. The Balaban J connectivity index is 2.03. The fraction of sp³-hybridized carbons (Fsp3) is 0.0455. The van der Waals surface area contributed by atoms with Crippen molar-refractivity contribution in [2.45, 2.75) is 6.92 Å². The summed E-state index contributed by atoms with van der Waals surface area (Å²) in [6.07, 6.45) is 1.40. The number of aryl methyl sites for hydroxylation is 1. The van der Waals surface area contributed by atoms with Gasteiger partial charge in [-0.05, 0) is 49.4 Å². The van der Waals surface area contributed by atoms with Crippen LogP contribution in [0.15, 0.2) is 65.5 Å². The fourth-order valence-corrected chi connectivity index (χ4v) is 3.41. The average Bonchev–Trinajstić information content (AvgIpc) is 2.70. The van der Waals surface area contributed by atoms with Gasteiger partial charge in [0.25, 0.3) is 5.56 Å². The topological polar surface area (TPSA) is 68.0 Å². The highest BCUT2D eigenvalue weighted by Crippen LogP contribution is 2.24. The standard InChI is InChI=1S/C22H15Cl2N3O2/c1-13-5-4-7-18(25-13)20(28)12-21-26-17-10-9-14(23)11-15(17)22(29)27(21)19-8-3-2-6-16(19)24/h2-12,28H,1H3/b20-12-. The third-order valence-electron chi connectivity index (χ3n) is 4.37. The predicted molar refractivity (Wildman–Crippen MR) is 117 cm³/mol. The first kappa shape index (κ1) is 19.2. The van der Waals surface area contributed by atoms with Crippen molar-refractivity contribution < 1.29 is 5.11 Å². The van der Waals surface area contributed by atoms with Crippen LogP contribution in [-0.2, 0) is 0 Å². The summed E-state index contributed by atoms with van der Waals surface area (Å²) in [7, 11) is 0. The van der Waals surface area contributed by atoms with Gasteiger partial charge in [-0.25, -0.2) is 9.97 Å². The molecular formula is C22H15Cl2N3O2. The lowest BCUT2D eigenvalue weighted by molar-refractivity contribution is 0.511. The molecule has 2 heterocycles. The Labute approximate surface area is 176 Å². The Hall–Kier alpha value is -3.15. The average molecular weight is 424 g/mol. The van der Waals surface area contributed by atoms with Crippen molar-refractivity contribution in [3.8, 4) is 5.69 Å². The van der Waals surface area contributed by atoms with E-state index < -0.39 is 0 Å². The van der Waals surface area contributed by atoms with Gasteiger partial charge in [0.1, 0.15) is 17.3 Å². The van der Waals surface area contributed by atoms with Gasteiger partial charge in [0.2, 0.25) is 0 Å². The van der Waals surface area contributed by atoms with Gasteiger partial charge in [-0.3, -0.25) is 9.36 Å². The van der Waals surface area contributed by atoms with Gasteiger partial charge >= 0.3 is 0 Å². The molecule has 0 radical (unpaired) electrons. The number of aliphatic hydroxyl groups is 1. The van der Waals surface area contributed by atoms with Crippen molar-refractivity contribution in [3.05, 3.63) is 98.3 Å². The first-order chi connectivity index (χ1) is 13.9. The molecule has 0 aliphatic rings. The number of aliphatic hydroxyl groups excluding tert-OH is 1. The summed E-state index contributed by atoms with van der Waals surface area (Å²) in [6, 6.07) is 17.1. The van der Waals surface area contributed by atoms with E-state index in [0.29, 0.717) is 32.3 Å². The van der Waals surface area contributed by atoms with Crippen LogP contribution in [0.4, 0.5) is 0 Å². The lowest BCUT2D eigenvalue weighted by Gasteiger charge is -2.13. The van der Waals surface area contributed by atoms with Crippen molar-refractivity contribution in [2.75, 3.05) is 0 Å². The monoisotopic (exact) mass is 423 g/mol. The Morgan fingerprint density at radius 1 is 1.03 bits per heavy atom. The van der Waals surface area contributed by atoms with Crippen molar-refractivity contribution >= 4 is 45.9 Å². The molecule has 0 fully saturated rings. The van der Waals surface area contributed by atoms with Crippen molar-refractivity contribution in [3.63, 3.8) is 0 Å². The molecule has 7 heteroatoms. The summed E-state index contributed by atoms with van der Waals surface area (Å²) in [6.45, 7) is 1.83. The number of hydrogen-bond donors (Lipinski definition) is 1. The molecule has 0 amide bonds. The Morgan fingerprint density at radius 3 is 2.59 bits per heavy atom. The Kier molecular flexibility index (Phi) is 5.09. The van der Waals surface area contributed by atoms with Crippen LogP contribution in [0.2, 0.25) is 10.0 Å². The SMILES string of the molecule is Cc1cccc(/C(O)=C/c2nc3ccc(Cl)cc3c(=O)n2-c2ccccc2Cl)n1. The van der Waals surface area contributed by atoms with Crippen LogP contribution >= 0.6 is 23.2 Å². The molecule has 2 aromatic carbocycles. The van der Waals surface area contributed by atoms with Crippen LogP contribution in [0.25, 0.3) is 28.4 Å². The molecule has 0 spiro atoms. The third-order valence-corrected chi connectivity index (χ3v) is 4.92. The molecule has 2 aromatic heterocycles. The summed E-state index contributed by atoms with van der Waals surface area (Å²) in [5, 5.41) is 11.8. The molecular weight excluding hydrogens is 409 g/mol. The molecule has 1 N–H and O–H groups in total. The van der Waals surface area contributed by atoms with E-state index in [1.165, 1.54) is 10.6 Å². The zero-order chi connectivity index (χ0) is 20.5. The zero-order valence-electron chi connectivity index (χ0n) is 15.3. The number of benzene rings is 2. The number of hydrogen-bond acceptors (Lipinski definition) is 4. The minimum absolute atomic E-state index is 0.116. The molecule has 0 saturated carbocycles. The highest BCUT2D eigenvalue weighted by Gasteiger charge is 2.15. The quantitative estimate of drug-likeness (QED) is 0.444. The molecule has 0 unspecified atom stereocenters. The normalized spacial score (nSPS) is 11.8. The Morgan fingerprint density at radius 2 is 1.83 bits per heavy atom. The van der Waals surface area contributed by atoms with Gasteiger partial charge in [-0.15, -0.1) is 0 Å². The number of nitrogens with zero attached hydrogens (tertiary/aromatic N) is 3. The molecule has 0 aliphatic heterocycles. The highest BCUT2D eigenvalue weighted by atomic mass is 35.5. The van der Waals surface area contributed by atoms with E-state index in [4.69, 9.17) is 23.2 Å². The highest BCUT2D eigenvalue weighted by molar-refractivity contribution is 6.32. The number of halogens is 2. The summed E-state index contributed by atoms with van der Waals surface area (Å²) < 4.78 is 1.35. The van der Waals surface area contributed by atoms with Gasteiger partial charge in [0, 0.05) is 16.8 Å². The van der Waals surface area contributed by atoms with E-state index in [1.807, 2.05) is 13.0 Å². The molecule has 5 nitrogen and oxygen atoms in total. The number of rotatable bonds is 3. The molecule has 0 saturated heterocycles. The van der Waals surface area contributed by atoms with Crippen LogP contribution in [0.3, 0.4) is 0 Å². The molecule has 4 rings (SSSR count). The van der Waals surface area contributed by atoms with Crippen molar-refractivity contribution in [2.24, 2.45) is 0 Å². The summed E-state index contributed by atoms with van der Waals surface area (Å²) in [5.41, 5.74) is 1.69. The van der Waals surface area contributed by atoms with E-state index in [0.717, 1.165) is 5.69 Å². The third kappa shape index (κ3) is 3.75.